The van der Waals surface area contributed by atoms with Crippen LogP contribution in [0.5, 0.6) is 0 Å². The topological polar surface area (TPSA) is 50.7 Å². The lowest BCUT2D eigenvalue weighted by Crippen LogP contribution is -2.52. The third kappa shape index (κ3) is 4.19. The number of ether oxygens (including phenoxy) is 2. The Morgan fingerprint density at radius 1 is 1.14 bits per heavy atom. The Morgan fingerprint density at radius 3 is 2.67 bits per heavy atom. The number of nitrogens with one attached hydrogen (secondary N) is 1. The molecule has 0 bridgehead atoms. The highest BCUT2D eigenvalue weighted by Crippen LogP contribution is 2.40. The summed E-state index contributed by atoms with van der Waals surface area (Å²) in [6.07, 6.45) is 9.56. The monoisotopic (exact) mass is 297 g/mol. The fourth-order valence-electron chi connectivity index (χ4n) is 4.03. The van der Waals surface area contributed by atoms with Crippen molar-refractivity contribution in [2.75, 3.05) is 33.0 Å². The number of hydrogen-bond acceptors (Lipinski definition) is 4. The van der Waals surface area contributed by atoms with Gasteiger partial charge in [0.05, 0.1) is 6.61 Å². The van der Waals surface area contributed by atoms with Crippen molar-refractivity contribution >= 4 is 0 Å². The van der Waals surface area contributed by atoms with E-state index in [-0.39, 0.29) is 12.1 Å². The molecule has 2 N–H and O–H groups in total. The van der Waals surface area contributed by atoms with Gasteiger partial charge in [-0.1, -0.05) is 6.42 Å². The van der Waals surface area contributed by atoms with Gasteiger partial charge in [-0.05, 0) is 56.8 Å². The molecule has 4 nitrogen and oxygen atoms in total. The van der Waals surface area contributed by atoms with Crippen molar-refractivity contribution in [3.63, 3.8) is 0 Å². The molecular weight excluding hydrogens is 266 g/mol. The predicted octanol–water partition coefficient (Wildman–Crippen LogP) is 2.10. The molecule has 3 aliphatic rings. The van der Waals surface area contributed by atoms with Crippen molar-refractivity contribution in [1.82, 2.24) is 5.32 Å². The third-order valence-electron chi connectivity index (χ3n) is 5.61. The third-order valence-corrected chi connectivity index (χ3v) is 5.61. The minimum atomic E-state index is -0.0107. The number of rotatable bonds is 8. The molecule has 1 heterocycles. The van der Waals surface area contributed by atoms with Gasteiger partial charge in [-0.3, -0.25) is 0 Å². The Hall–Kier alpha value is -0.160. The predicted molar refractivity (Wildman–Crippen MR) is 82.3 cm³/mol. The quantitative estimate of drug-likeness (QED) is 0.674. The van der Waals surface area contributed by atoms with Crippen LogP contribution in [0.4, 0.5) is 0 Å². The summed E-state index contributed by atoms with van der Waals surface area (Å²) < 4.78 is 11.3. The highest BCUT2D eigenvalue weighted by molar-refractivity contribution is 5.02. The zero-order chi connectivity index (χ0) is 14.5. The average molecular weight is 297 g/mol. The minimum absolute atomic E-state index is 0.0107. The van der Waals surface area contributed by atoms with E-state index < -0.39 is 0 Å². The molecule has 0 aromatic carbocycles. The summed E-state index contributed by atoms with van der Waals surface area (Å²) in [6.45, 7) is 3.81. The molecule has 0 spiro atoms. The van der Waals surface area contributed by atoms with Crippen molar-refractivity contribution in [2.24, 2.45) is 11.8 Å². The van der Waals surface area contributed by atoms with Crippen LogP contribution in [0, 0.1) is 11.8 Å². The highest BCUT2D eigenvalue weighted by Gasteiger charge is 2.44. The van der Waals surface area contributed by atoms with E-state index in [1.807, 2.05) is 0 Å². The van der Waals surface area contributed by atoms with E-state index in [9.17, 15) is 5.11 Å². The van der Waals surface area contributed by atoms with Gasteiger partial charge in [0.15, 0.2) is 0 Å². The van der Waals surface area contributed by atoms with Crippen molar-refractivity contribution in [3.8, 4) is 0 Å². The Balaban J connectivity index is 1.38. The van der Waals surface area contributed by atoms with Crippen molar-refractivity contribution < 1.29 is 14.6 Å². The maximum absolute atomic E-state index is 9.91. The second kappa shape index (κ2) is 7.40. The smallest absolute Gasteiger partial charge is 0.0616 e. The van der Waals surface area contributed by atoms with E-state index in [2.05, 4.69) is 5.32 Å². The fourth-order valence-corrected chi connectivity index (χ4v) is 4.03. The standard InChI is InChI=1S/C17H31NO3/c19-13-17(18-16-3-4-16)8-1-2-15(17)7-11-21-12-14-5-9-20-10-6-14/h14-16,18-19H,1-13H2. The fraction of sp³-hybridized carbons (Fsp3) is 1.00. The molecule has 3 rings (SSSR count). The van der Waals surface area contributed by atoms with Gasteiger partial charge in [0, 0.05) is 38.0 Å². The summed E-state index contributed by atoms with van der Waals surface area (Å²) in [5, 5.41) is 13.6. The van der Waals surface area contributed by atoms with Crippen LogP contribution in [0.15, 0.2) is 0 Å². The molecule has 122 valence electrons. The van der Waals surface area contributed by atoms with Gasteiger partial charge in [-0.15, -0.1) is 0 Å². The Bertz CT molecular complexity index is 315. The van der Waals surface area contributed by atoms with Crippen LogP contribution in [0.3, 0.4) is 0 Å². The number of aliphatic hydroxyl groups excluding tert-OH is 1. The van der Waals surface area contributed by atoms with Crippen LogP contribution in [-0.4, -0.2) is 49.7 Å². The van der Waals surface area contributed by atoms with E-state index in [1.54, 1.807) is 0 Å². The second-order valence-corrected chi connectivity index (χ2v) is 7.24. The Kier molecular flexibility index (Phi) is 5.54. The molecule has 2 unspecified atom stereocenters. The van der Waals surface area contributed by atoms with E-state index in [1.165, 1.54) is 25.7 Å². The summed E-state index contributed by atoms with van der Waals surface area (Å²) in [6, 6.07) is 0.668. The van der Waals surface area contributed by atoms with Crippen LogP contribution in [0.2, 0.25) is 0 Å². The lowest BCUT2D eigenvalue weighted by molar-refractivity contribution is 0.0132. The van der Waals surface area contributed by atoms with E-state index in [0.29, 0.717) is 17.9 Å². The normalized spacial score (nSPS) is 34.4. The van der Waals surface area contributed by atoms with Gasteiger partial charge in [-0.2, -0.15) is 0 Å². The van der Waals surface area contributed by atoms with Gasteiger partial charge < -0.3 is 19.9 Å². The molecule has 0 radical (unpaired) electrons. The summed E-state index contributed by atoms with van der Waals surface area (Å²) in [5.41, 5.74) is -0.0107. The number of aliphatic hydroxyl groups is 1. The largest absolute Gasteiger partial charge is 0.394 e. The van der Waals surface area contributed by atoms with Crippen LogP contribution in [0.25, 0.3) is 0 Å². The molecule has 2 atom stereocenters. The van der Waals surface area contributed by atoms with Crippen LogP contribution in [0.1, 0.15) is 51.4 Å². The summed E-state index contributed by atoms with van der Waals surface area (Å²) >= 11 is 0. The molecule has 1 saturated heterocycles. The van der Waals surface area contributed by atoms with E-state index >= 15 is 0 Å². The molecular formula is C17H31NO3. The van der Waals surface area contributed by atoms with Gasteiger partial charge in [0.1, 0.15) is 0 Å². The first-order chi connectivity index (χ1) is 10.3. The van der Waals surface area contributed by atoms with Crippen LogP contribution < -0.4 is 5.32 Å². The highest BCUT2D eigenvalue weighted by atomic mass is 16.5. The first-order valence-corrected chi connectivity index (χ1v) is 8.86. The minimum Gasteiger partial charge on any atom is -0.394 e. The summed E-state index contributed by atoms with van der Waals surface area (Å²) in [4.78, 5) is 0. The summed E-state index contributed by atoms with van der Waals surface area (Å²) in [5.74, 6) is 1.27. The number of hydrogen-bond donors (Lipinski definition) is 2. The molecule has 0 amide bonds. The van der Waals surface area contributed by atoms with Crippen LogP contribution >= 0.6 is 0 Å². The summed E-state index contributed by atoms with van der Waals surface area (Å²) in [7, 11) is 0. The second-order valence-electron chi connectivity index (χ2n) is 7.24. The lowest BCUT2D eigenvalue weighted by atomic mass is 9.85. The molecule has 1 aliphatic heterocycles. The van der Waals surface area contributed by atoms with Crippen molar-refractivity contribution in [2.45, 2.75) is 62.9 Å². The first kappa shape index (κ1) is 15.7. The van der Waals surface area contributed by atoms with Crippen molar-refractivity contribution in [1.29, 1.82) is 0 Å². The molecule has 4 heteroatoms. The van der Waals surface area contributed by atoms with Crippen LogP contribution in [-0.2, 0) is 9.47 Å². The maximum Gasteiger partial charge on any atom is 0.0616 e. The average Bonchev–Trinajstić information content (AvgIpc) is 3.24. The maximum atomic E-state index is 9.91. The van der Waals surface area contributed by atoms with Gasteiger partial charge >= 0.3 is 0 Å². The molecule has 2 saturated carbocycles. The lowest BCUT2D eigenvalue weighted by Gasteiger charge is -2.35. The molecule has 0 aromatic rings. The first-order valence-electron chi connectivity index (χ1n) is 8.86. The molecule has 2 aliphatic carbocycles. The van der Waals surface area contributed by atoms with E-state index in [4.69, 9.17) is 9.47 Å². The van der Waals surface area contributed by atoms with Crippen molar-refractivity contribution in [3.05, 3.63) is 0 Å². The van der Waals surface area contributed by atoms with Gasteiger partial charge in [0.25, 0.3) is 0 Å². The molecule has 21 heavy (non-hydrogen) atoms. The zero-order valence-electron chi connectivity index (χ0n) is 13.2. The Morgan fingerprint density at radius 2 is 1.95 bits per heavy atom. The van der Waals surface area contributed by atoms with Gasteiger partial charge in [0.2, 0.25) is 0 Å². The van der Waals surface area contributed by atoms with Gasteiger partial charge in [-0.25, -0.2) is 0 Å². The molecule has 0 aromatic heterocycles. The zero-order valence-corrected chi connectivity index (χ0v) is 13.2. The molecule has 3 fully saturated rings. The Labute approximate surface area is 128 Å². The SMILES string of the molecule is OCC1(NC2CC2)CCCC1CCOCC1CCOCC1. The van der Waals surface area contributed by atoms with E-state index in [0.717, 1.165) is 52.1 Å².